The number of aromatic nitrogens is 2. The van der Waals surface area contributed by atoms with E-state index in [4.69, 9.17) is 4.74 Å². The second-order valence-electron chi connectivity index (χ2n) is 7.89. The van der Waals surface area contributed by atoms with Crippen molar-refractivity contribution in [3.05, 3.63) is 58.6 Å². The number of rotatable bonds is 11. The molecule has 192 valence electrons. The SMILES string of the molecule is COc1ccc(Nc2cc(-c3cccc(OC(F)(F)F)c3)nc(NCCCN(C)C)n2)c([N+](=O)[O-])c1. The van der Waals surface area contributed by atoms with Gasteiger partial charge < -0.3 is 25.0 Å². The molecular weight excluding hydrogens is 481 g/mol. The summed E-state index contributed by atoms with van der Waals surface area (Å²) in [4.78, 5) is 21.8. The van der Waals surface area contributed by atoms with Gasteiger partial charge in [-0.3, -0.25) is 10.1 Å². The molecule has 0 saturated heterocycles. The van der Waals surface area contributed by atoms with Gasteiger partial charge in [-0.2, -0.15) is 4.98 Å². The summed E-state index contributed by atoms with van der Waals surface area (Å²) < 4.78 is 47.2. The number of benzene rings is 2. The molecule has 0 aliphatic heterocycles. The maximum Gasteiger partial charge on any atom is 0.573 e. The summed E-state index contributed by atoms with van der Waals surface area (Å²) in [5, 5.41) is 17.6. The number of anilines is 3. The van der Waals surface area contributed by atoms with Gasteiger partial charge in [0.25, 0.3) is 5.69 Å². The Morgan fingerprint density at radius 3 is 2.53 bits per heavy atom. The topological polar surface area (TPSA) is 115 Å². The molecule has 0 aliphatic carbocycles. The molecule has 1 aromatic heterocycles. The number of alkyl halides is 3. The molecule has 0 unspecified atom stereocenters. The first-order valence-corrected chi connectivity index (χ1v) is 10.8. The van der Waals surface area contributed by atoms with Crippen LogP contribution in [-0.2, 0) is 0 Å². The van der Waals surface area contributed by atoms with Crippen molar-refractivity contribution in [2.24, 2.45) is 0 Å². The Labute approximate surface area is 205 Å². The van der Waals surface area contributed by atoms with Gasteiger partial charge in [0.05, 0.1) is 23.8 Å². The minimum atomic E-state index is -4.84. The van der Waals surface area contributed by atoms with Gasteiger partial charge >= 0.3 is 6.36 Å². The molecule has 1 heterocycles. The van der Waals surface area contributed by atoms with Crippen molar-refractivity contribution in [3.63, 3.8) is 0 Å². The van der Waals surface area contributed by atoms with Crippen molar-refractivity contribution in [1.82, 2.24) is 14.9 Å². The molecular formula is C23H25F3N6O4. The van der Waals surface area contributed by atoms with Crippen LogP contribution in [0.2, 0.25) is 0 Å². The van der Waals surface area contributed by atoms with Gasteiger partial charge in [-0.25, -0.2) is 4.98 Å². The molecule has 3 rings (SSSR count). The zero-order valence-electron chi connectivity index (χ0n) is 19.8. The van der Waals surface area contributed by atoms with E-state index >= 15 is 0 Å². The molecule has 0 fully saturated rings. The largest absolute Gasteiger partial charge is 0.573 e. The molecule has 0 bridgehead atoms. The van der Waals surface area contributed by atoms with Crippen LogP contribution in [0.15, 0.2) is 48.5 Å². The lowest BCUT2D eigenvalue weighted by atomic mass is 10.1. The van der Waals surface area contributed by atoms with E-state index < -0.39 is 17.0 Å². The maximum atomic E-state index is 12.7. The Morgan fingerprint density at radius 2 is 1.86 bits per heavy atom. The van der Waals surface area contributed by atoms with Crippen LogP contribution < -0.4 is 20.1 Å². The number of nitro groups is 1. The number of halogens is 3. The molecule has 36 heavy (non-hydrogen) atoms. The lowest BCUT2D eigenvalue weighted by molar-refractivity contribution is -0.384. The van der Waals surface area contributed by atoms with Crippen LogP contribution in [0.4, 0.5) is 36.3 Å². The maximum absolute atomic E-state index is 12.7. The average molecular weight is 506 g/mol. The molecule has 0 amide bonds. The summed E-state index contributed by atoms with van der Waals surface area (Å²) in [6.07, 6.45) is -4.06. The van der Waals surface area contributed by atoms with Crippen molar-refractivity contribution in [1.29, 1.82) is 0 Å². The number of nitro benzene ring substituents is 1. The van der Waals surface area contributed by atoms with Crippen LogP contribution in [0.25, 0.3) is 11.3 Å². The van der Waals surface area contributed by atoms with Gasteiger partial charge in [-0.05, 0) is 51.3 Å². The van der Waals surface area contributed by atoms with Gasteiger partial charge in [0.2, 0.25) is 5.95 Å². The first-order valence-electron chi connectivity index (χ1n) is 10.8. The van der Waals surface area contributed by atoms with Crippen molar-refractivity contribution in [2.75, 3.05) is 44.9 Å². The quantitative estimate of drug-likeness (QED) is 0.209. The van der Waals surface area contributed by atoms with Gasteiger partial charge in [-0.1, -0.05) is 12.1 Å². The Balaban J connectivity index is 1.97. The molecule has 0 spiro atoms. The Hall–Kier alpha value is -4.13. The highest BCUT2D eigenvalue weighted by atomic mass is 19.4. The fraction of sp³-hybridized carbons (Fsp3) is 0.304. The number of ether oxygens (including phenoxy) is 2. The standard InChI is InChI=1S/C23H25F3N6O4/c1-31(2)11-5-10-27-22-29-19(15-6-4-7-17(12-15)36-23(24,25)26)14-21(30-22)28-18-9-8-16(35-3)13-20(18)32(33)34/h4,6-9,12-14H,5,10-11H2,1-3H3,(H2,27,28,29,30). The van der Waals surface area contributed by atoms with Crippen LogP contribution in [-0.4, -0.2) is 60.4 Å². The molecule has 0 radical (unpaired) electrons. The fourth-order valence-corrected chi connectivity index (χ4v) is 3.22. The molecule has 0 saturated carbocycles. The minimum Gasteiger partial charge on any atom is -0.496 e. The monoisotopic (exact) mass is 506 g/mol. The predicted octanol–water partition coefficient (Wildman–Crippen LogP) is 5.07. The van der Waals surface area contributed by atoms with Gasteiger partial charge in [-0.15, -0.1) is 13.2 Å². The number of nitrogens with zero attached hydrogens (tertiary/aromatic N) is 4. The number of methoxy groups -OCH3 is 1. The Morgan fingerprint density at radius 1 is 1.08 bits per heavy atom. The van der Waals surface area contributed by atoms with Crippen LogP contribution in [0.1, 0.15) is 6.42 Å². The Kier molecular flexibility index (Phi) is 8.48. The molecule has 2 aromatic carbocycles. The van der Waals surface area contributed by atoms with E-state index in [9.17, 15) is 23.3 Å². The third-order valence-electron chi connectivity index (χ3n) is 4.82. The highest BCUT2D eigenvalue weighted by Gasteiger charge is 2.31. The fourth-order valence-electron chi connectivity index (χ4n) is 3.22. The predicted molar refractivity (Wildman–Crippen MR) is 129 cm³/mol. The van der Waals surface area contributed by atoms with Crippen molar-refractivity contribution < 1.29 is 27.6 Å². The zero-order valence-corrected chi connectivity index (χ0v) is 19.8. The van der Waals surface area contributed by atoms with Crippen LogP contribution in [0, 0.1) is 10.1 Å². The molecule has 10 nitrogen and oxygen atoms in total. The van der Waals surface area contributed by atoms with E-state index in [1.54, 1.807) is 12.1 Å². The second kappa shape index (κ2) is 11.5. The summed E-state index contributed by atoms with van der Waals surface area (Å²) in [6, 6.07) is 11.1. The third-order valence-corrected chi connectivity index (χ3v) is 4.82. The molecule has 0 aliphatic rings. The Bertz CT molecular complexity index is 1210. The van der Waals surface area contributed by atoms with Crippen molar-refractivity contribution >= 4 is 23.1 Å². The first-order chi connectivity index (χ1) is 17.0. The summed E-state index contributed by atoms with van der Waals surface area (Å²) in [6.45, 7) is 1.34. The summed E-state index contributed by atoms with van der Waals surface area (Å²) >= 11 is 0. The normalized spacial score (nSPS) is 11.3. The summed E-state index contributed by atoms with van der Waals surface area (Å²) in [5.41, 5.74) is 0.530. The van der Waals surface area contributed by atoms with E-state index in [2.05, 4.69) is 25.3 Å². The molecule has 2 N–H and O–H groups in total. The van der Waals surface area contributed by atoms with Gasteiger partial charge in [0.1, 0.15) is 23.0 Å². The third kappa shape index (κ3) is 7.70. The average Bonchev–Trinajstić information content (AvgIpc) is 2.81. The van der Waals surface area contributed by atoms with E-state index in [0.717, 1.165) is 13.0 Å². The van der Waals surface area contributed by atoms with Gasteiger partial charge in [0, 0.05) is 18.2 Å². The van der Waals surface area contributed by atoms with Gasteiger partial charge in [0.15, 0.2) is 0 Å². The number of nitrogens with one attached hydrogen (secondary N) is 2. The lowest BCUT2D eigenvalue weighted by Crippen LogP contribution is -2.17. The van der Waals surface area contributed by atoms with Crippen LogP contribution in [0.3, 0.4) is 0 Å². The van der Waals surface area contributed by atoms with Crippen LogP contribution in [0.5, 0.6) is 11.5 Å². The second-order valence-corrected chi connectivity index (χ2v) is 7.89. The minimum absolute atomic E-state index is 0.151. The van der Waals surface area contributed by atoms with E-state index in [1.165, 1.54) is 43.5 Å². The van der Waals surface area contributed by atoms with Crippen molar-refractivity contribution in [3.8, 4) is 22.8 Å². The summed E-state index contributed by atoms with van der Waals surface area (Å²) in [7, 11) is 5.28. The highest BCUT2D eigenvalue weighted by molar-refractivity contribution is 5.73. The lowest BCUT2D eigenvalue weighted by Gasteiger charge is -2.14. The number of hydrogen-bond acceptors (Lipinski definition) is 9. The molecule has 0 atom stereocenters. The first kappa shape index (κ1) is 26.5. The van der Waals surface area contributed by atoms with E-state index in [0.29, 0.717) is 17.9 Å². The zero-order chi connectivity index (χ0) is 26.3. The smallest absolute Gasteiger partial charge is 0.496 e. The molecule has 3 aromatic rings. The van der Waals surface area contributed by atoms with Crippen LogP contribution >= 0.6 is 0 Å². The highest BCUT2D eigenvalue weighted by Crippen LogP contribution is 2.33. The number of hydrogen-bond donors (Lipinski definition) is 2. The van der Waals surface area contributed by atoms with E-state index in [1.807, 2.05) is 19.0 Å². The van der Waals surface area contributed by atoms with Crippen molar-refractivity contribution in [2.45, 2.75) is 12.8 Å². The summed E-state index contributed by atoms with van der Waals surface area (Å²) in [5.74, 6) is 0.303. The molecule has 13 heteroatoms. The van der Waals surface area contributed by atoms with E-state index in [-0.39, 0.29) is 28.8 Å².